The molecule has 1 aliphatic rings. The highest BCUT2D eigenvalue weighted by molar-refractivity contribution is 5.95. The second-order valence-electron chi connectivity index (χ2n) is 6.73. The molecule has 2 amide bonds. The summed E-state index contributed by atoms with van der Waals surface area (Å²) in [5.74, 6) is 0.0422. The van der Waals surface area contributed by atoms with E-state index >= 15 is 0 Å². The number of anilines is 1. The fraction of sp³-hybridized carbons (Fsp3) is 0.333. The SMILES string of the molecule is Cc1cccc(NC(=O)C(C)N2CCN(C(=O)c3ccccc3)CC2)c1. The maximum absolute atomic E-state index is 12.5. The van der Waals surface area contributed by atoms with Crippen LogP contribution in [0.4, 0.5) is 5.69 Å². The summed E-state index contributed by atoms with van der Waals surface area (Å²) in [4.78, 5) is 29.0. The molecule has 0 saturated carbocycles. The summed E-state index contributed by atoms with van der Waals surface area (Å²) in [7, 11) is 0. The number of hydrogen-bond donors (Lipinski definition) is 1. The molecule has 0 radical (unpaired) electrons. The summed E-state index contributed by atoms with van der Waals surface area (Å²) in [5.41, 5.74) is 2.65. The molecule has 1 unspecified atom stereocenters. The third-order valence-corrected chi connectivity index (χ3v) is 4.83. The van der Waals surface area contributed by atoms with E-state index in [-0.39, 0.29) is 17.9 Å². The van der Waals surface area contributed by atoms with Crippen molar-refractivity contribution in [2.24, 2.45) is 0 Å². The van der Waals surface area contributed by atoms with Crippen LogP contribution < -0.4 is 5.32 Å². The van der Waals surface area contributed by atoms with Crippen LogP contribution in [0.2, 0.25) is 0 Å². The van der Waals surface area contributed by atoms with Crippen molar-refractivity contribution in [3.8, 4) is 0 Å². The Kier molecular flexibility index (Phi) is 5.68. The first-order chi connectivity index (χ1) is 12.5. The first-order valence-corrected chi connectivity index (χ1v) is 9.00. The molecule has 3 rings (SSSR count). The molecule has 0 spiro atoms. The first-order valence-electron chi connectivity index (χ1n) is 9.00. The first kappa shape index (κ1) is 18.1. The quantitative estimate of drug-likeness (QED) is 0.922. The normalized spacial score (nSPS) is 16.2. The van der Waals surface area contributed by atoms with Crippen molar-refractivity contribution in [3.05, 3.63) is 65.7 Å². The molecule has 1 N–H and O–H groups in total. The molecule has 0 aliphatic carbocycles. The van der Waals surface area contributed by atoms with Gasteiger partial charge in [-0.1, -0.05) is 30.3 Å². The Morgan fingerprint density at radius 1 is 0.962 bits per heavy atom. The molecule has 1 aliphatic heterocycles. The van der Waals surface area contributed by atoms with Gasteiger partial charge in [-0.15, -0.1) is 0 Å². The lowest BCUT2D eigenvalue weighted by Gasteiger charge is -2.37. The Balaban J connectivity index is 1.54. The zero-order valence-electron chi connectivity index (χ0n) is 15.3. The minimum atomic E-state index is -0.232. The van der Waals surface area contributed by atoms with E-state index in [1.807, 2.05) is 73.3 Å². The third-order valence-electron chi connectivity index (χ3n) is 4.83. The molecule has 2 aromatic rings. The Hall–Kier alpha value is -2.66. The second kappa shape index (κ2) is 8.15. The van der Waals surface area contributed by atoms with Crippen LogP contribution in [-0.4, -0.2) is 53.8 Å². The summed E-state index contributed by atoms with van der Waals surface area (Å²) in [6, 6.07) is 16.9. The van der Waals surface area contributed by atoms with E-state index < -0.39 is 0 Å². The zero-order valence-corrected chi connectivity index (χ0v) is 15.3. The number of carbonyl (C=O) groups is 2. The maximum Gasteiger partial charge on any atom is 0.253 e. The predicted octanol–water partition coefficient (Wildman–Crippen LogP) is 2.78. The molecule has 1 fully saturated rings. The van der Waals surface area contributed by atoms with Gasteiger partial charge in [-0.25, -0.2) is 0 Å². The number of nitrogens with zero attached hydrogens (tertiary/aromatic N) is 2. The van der Waals surface area contributed by atoms with Gasteiger partial charge in [-0.05, 0) is 43.7 Å². The van der Waals surface area contributed by atoms with Gasteiger partial charge in [0.05, 0.1) is 6.04 Å². The van der Waals surface area contributed by atoms with Crippen molar-refractivity contribution in [1.29, 1.82) is 0 Å². The van der Waals surface area contributed by atoms with Gasteiger partial charge in [0.2, 0.25) is 5.91 Å². The molecule has 5 nitrogen and oxygen atoms in total. The van der Waals surface area contributed by atoms with Crippen molar-refractivity contribution in [2.75, 3.05) is 31.5 Å². The fourth-order valence-corrected chi connectivity index (χ4v) is 3.21. The average Bonchev–Trinajstić information content (AvgIpc) is 2.67. The minimum Gasteiger partial charge on any atom is -0.336 e. The Morgan fingerprint density at radius 2 is 1.65 bits per heavy atom. The van der Waals surface area contributed by atoms with Gasteiger partial charge >= 0.3 is 0 Å². The topological polar surface area (TPSA) is 52.7 Å². The molecule has 0 bridgehead atoms. The molecule has 2 aromatic carbocycles. The second-order valence-corrected chi connectivity index (χ2v) is 6.73. The molecular formula is C21H25N3O2. The average molecular weight is 351 g/mol. The van der Waals surface area contributed by atoms with Gasteiger partial charge in [0.15, 0.2) is 0 Å². The number of carbonyl (C=O) groups excluding carboxylic acids is 2. The summed E-state index contributed by atoms with van der Waals surface area (Å²) >= 11 is 0. The van der Waals surface area contributed by atoms with Crippen LogP contribution in [0, 0.1) is 6.92 Å². The number of rotatable bonds is 4. The number of aryl methyl sites for hydroxylation is 1. The largest absolute Gasteiger partial charge is 0.336 e. The van der Waals surface area contributed by atoms with Crippen molar-refractivity contribution in [3.63, 3.8) is 0 Å². The monoisotopic (exact) mass is 351 g/mol. The standard InChI is InChI=1S/C21H25N3O2/c1-16-7-6-10-19(15-16)22-20(25)17(2)23-11-13-24(14-12-23)21(26)18-8-4-3-5-9-18/h3-10,15,17H,11-14H2,1-2H3,(H,22,25). The molecule has 1 saturated heterocycles. The van der Waals surface area contributed by atoms with Crippen LogP contribution in [0.5, 0.6) is 0 Å². The lowest BCUT2D eigenvalue weighted by atomic mass is 10.1. The number of benzene rings is 2. The van der Waals surface area contributed by atoms with Crippen molar-refractivity contribution < 1.29 is 9.59 Å². The zero-order chi connectivity index (χ0) is 18.5. The van der Waals surface area contributed by atoms with E-state index in [9.17, 15) is 9.59 Å². The Bertz CT molecular complexity index is 768. The van der Waals surface area contributed by atoms with Gasteiger partial charge in [-0.2, -0.15) is 0 Å². The Labute approximate surface area is 154 Å². The molecule has 5 heteroatoms. The minimum absolute atomic E-state index is 0.0153. The van der Waals surface area contributed by atoms with E-state index in [2.05, 4.69) is 10.2 Å². The summed E-state index contributed by atoms with van der Waals surface area (Å²) < 4.78 is 0. The third kappa shape index (κ3) is 4.29. The smallest absolute Gasteiger partial charge is 0.253 e. The van der Waals surface area contributed by atoms with Crippen molar-refractivity contribution in [2.45, 2.75) is 19.9 Å². The molecule has 0 aromatic heterocycles. The number of hydrogen-bond acceptors (Lipinski definition) is 3. The maximum atomic E-state index is 12.5. The number of amides is 2. The van der Waals surface area contributed by atoms with E-state index in [1.165, 1.54) is 0 Å². The highest BCUT2D eigenvalue weighted by Crippen LogP contribution is 2.14. The molecule has 1 heterocycles. The van der Waals surface area contributed by atoms with Crippen LogP contribution in [-0.2, 0) is 4.79 Å². The van der Waals surface area contributed by atoms with Crippen LogP contribution in [0.15, 0.2) is 54.6 Å². The van der Waals surface area contributed by atoms with E-state index in [4.69, 9.17) is 0 Å². The summed E-state index contributed by atoms with van der Waals surface area (Å²) in [5, 5.41) is 2.98. The molecule has 1 atom stereocenters. The fourth-order valence-electron chi connectivity index (χ4n) is 3.21. The molecule has 26 heavy (non-hydrogen) atoms. The van der Waals surface area contributed by atoms with Crippen LogP contribution in [0.3, 0.4) is 0 Å². The summed E-state index contributed by atoms with van der Waals surface area (Å²) in [6.07, 6.45) is 0. The van der Waals surface area contributed by atoms with Crippen molar-refractivity contribution in [1.82, 2.24) is 9.80 Å². The molecular weight excluding hydrogens is 326 g/mol. The van der Waals surface area contributed by atoms with Gasteiger partial charge in [0, 0.05) is 37.4 Å². The van der Waals surface area contributed by atoms with Crippen LogP contribution >= 0.6 is 0 Å². The van der Waals surface area contributed by atoms with Crippen LogP contribution in [0.1, 0.15) is 22.8 Å². The highest BCUT2D eigenvalue weighted by Gasteiger charge is 2.27. The van der Waals surface area contributed by atoms with Gasteiger partial charge in [-0.3, -0.25) is 14.5 Å². The summed E-state index contributed by atoms with van der Waals surface area (Å²) in [6.45, 7) is 6.58. The van der Waals surface area contributed by atoms with Gasteiger partial charge in [0.1, 0.15) is 0 Å². The van der Waals surface area contributed by atoms with Gasteiger partial charge in [0.25, 0.3) is 5.91 Å². The van der Waals surface area contributed by atoms with Crippen LogP contribution in [0.25, 0.3) is 0 Å². The predicted molar refractivity (Wildman–Crippen MR) is 103 cm³/mol. The molecule has 136 valence electrons. The van der Waals surface area contributed by atoms with E-state index in [1.54, 1.807) is 0 Å². The van der Waals surface area contributed by atoms with Gasteiger partial charge < -0.3 is 10.2 Å². The number of piperazine rings is 1. The van der Waals surface area contributed by atoms with E-state index in [0.717, 1.165) is 11.3 Å². The Morgan fingerprint density at radius 3 is 2.31 bits per heavy atom. The van der Waals surface area contributed by atoms with Crippen molar-refractivity contribution >= 4 is 17.5 Å². The lowest BCUT2D eigenvalue weighted by molar-refractivity contribution is -0.121. The van der Waals surface area contributed by atoms with E-state index in [0.29, 0.717) is 31.7 Å². The lowest BCUT2D eigenvalue weighted by Crippen LogP contribution is -2.54. The number of nitrogens with one attached hydrogen (secondary N) is 1. The highest BCUT2D eigenvalue weighted by atomic mass is 16.2.